The molecule has 0 bridgehead atoms. The number of hydrogen-bond donors (Lipinski definition) is 2. The second-order valence-corrected chi connectivity index (χ2v) is 4.61. The topological polar surface area (TPSA) is 71.3 Å². The van der Waals surface area contributed by atoms with Crippen LogP contribution in [0.4, 0.5) is 0 Å². The van der Waals surface area contributed by atoms with Crippen molar-refractivity contribution in [3.63, 3.8) is 0 Å². The van der Waals surface area contributed by atoms with Crippen molar-refractivity contribution in [3.8, 4) is 0 Å². The summed E-state index contributed by atoms with van der Waals surface area (Å²) in [7, 11) is 0. The summed E-state index contributed by atoms with van der Waals surface area (Å²) in [5.41, 5.74) is -0.995. The second-order valence-electron chi connectivity index (χ2n) is 4.61. The predicted molar refractivity (Wildman–Crippen MR) is 69.2 cm³/mol. The van der Waals surface area contributed by atoms with E-state index in [9.17, 15) is 14.7 Å². The van der Waals surface area contributed by atoms with Crippen LogP contribution in [-0.4, -0.2) is 27.7 Å². The SMILES string of the molecule is CCC(C)(O)CNC(=O)CCn1ccccc1=O. The summed E-state index contributed by atoms with van der Waals surface area (Å²) in [4.78, 5) is 22.9. The van der Waals surface area contributed by atoms with E-state index in [1.54, 1.807) is 25.3 Å². The minimum Gasteiger partial charge on any atom is -0.388 e. The van der Waals surface area contributed by atoms with Gasteiger partial charge in [-0.05, 0) is 19.4 Å². The molecule has 0 radical (unpaired) electrons. The maximum absolute atomic E-state index is 11.6. The van der Waals surface area contributed by atoms with Gasteiger partial charge in [0.25, 0.3) is 5.56 Å². The first kappa shape index (κ1) is 14.4. The summed E-state index contributed by atoms with van der Waals surface area (Å²) >= 11 is 0. The maximum atomic E-state index is 11.6. The van der Waals surface area contributed by atoms with E-state index >= 15 is 0 Å². The highest BCUT2D eigenvalue weighted by Gasteiger charge is 2.18. The van der Waals surface area contributed by atoms with Crippen molar-refractivity contribution in [2.75, 3.05) is 6.54 Å². The summed E-state index contributed by atoms with van der Waals surface area (Å²) in [5.74, 6) is -0.167. The number of aryl methyl sites for hydroxylation is 1. The van der Waals surface area contributed by atoms with E-state index in [0.29, 0.717) is 13.0 Å². The van der Waals surface area contributed by atoms with Crippen molar-refractivity contribution < 1.29 is 9.90 Å². The molecule has 0 fully saturated rings. The van der Waals surface area contributed by atoms with Gasteiger partial charge < -0.3 is 15.0 Å². The summed E-state index contributed by atoms with van der Waals surface area (Å²) in [6.07, 6.45) is 2.45. The van der Waals surface area contributed by atoms with E-state index < -0.39 is 5.60 Å². The van der Waals surface area contributed by atoms with Crippen LogP contribution in [0.25, 0.3) is 0 Å². The molecule has 0 saturated carbocycles. The Balaban J connectivity index is 2.39. The molecule has 1 aromatic heterocycles. The smallest absolute Gasteiger partial charge is 0.250 e. The zero-order chi connectivity index (χ0) is 13.6. The van der Waals surface area contributed by atoms with Gasteiger partial charge in [-0.2, -0.15) is 0 Å². The molecule has 100 valence electrons. The lowest BCUT2D eigenvalue weighted by atomic mass is 10.0. The molecule has 1 unspecified atom stereocenters. The van der Waals surface area contributed by atoms with Crippen molar-refractivity contribution in [3.05, 3.63) is 34.7 Å². The van der Waals surface area contributed by atoms with Gasteiger partial charge >= 0.3 is 0 Å². The van der Waals surface area contributed by atoms with Gasteiger partial charge in [0, 0.05) is 31.8 Å². The number of carbonyl (C=O) groups excluding carboxylic acids is 1. The van der Waals surface area contributed by atoms with E-state index in [-0.39, 0.29) is 24.4 Å². The van der Waals surface area contributed by atoms with Crippen LogP contribution in [-0.2, 0) is 11.3 Å². The molecule has 0 spiro atoms. The highest BCUT2D eigenvalue weighted by atomic mass is 16.3. The molecule has 0 aromatic carbocycles. The van der Waals surface area contributed by atoms with Crippen molar-refractivity contribution >= 4 is 5.91 Å². The number of nitrogens with one attached hydrogen (secondary N) is 1. The average molecular weight is 252 g/mol. The first-order valence-electron chi connectivity index (χ1n) is 6.09. The van der Waals surface area contributed by atoms with Gasteiger partial charge in [0.15, 0.2) is 0 Å². The minimum absolute atomic E-state index is 0.120. The van der Waals surface area contributed by atoms with E-state index in [0.717, 1.165) is 0 Å². The third kappa shape index (κ3) is 4.71. The largest absolute Gasteiger partial charge is 0.388 e. The number of nitrogens with zero attached hydrogens (tertiary/aromatic N) is 1. The normalized spacial score (nSPS) is 13.9. The Hall–Kier alpha value is -1.62. The number of hydrogen-bond acceptors (Lipinski definition) is 3. The second kappa shape index (κ2) is 6.35. The van der Waals surface area contributed by atoms with Crippen LogP contribution in [0.5, 0.6) is 0 Å². The first-order valence-corrected chi connectivity index (χ1v) is 6.09. The van der Waals surface area contributed by atoms with Crippen LogP contribution >= 0.6 is 0 Å². The average Bonchev–Trinajstić information content (AvgIpc) is 2.35. The summed E-state index contributed by atoms with van der Waals surface area (Å²) in [6, 6.07) is 4.87. The van der Waals surface area contributed by atoms with Crippen LogP contribution in [0.2, 0.25) is 0 Å². The van der Waals surface area contributed by atoms with E-state index in [4.69, 9.17) is 0 Å². The first-order chi connectivity index (χ1) is 8.44. The van der Waals surface area contributed by atoms with Crippen LogP contribution in [0.3, 0.4) is 0 Å². The fourth-order valence-corrected chi connectivity index (χ4v) is 1.37. The molecule has 18 heavy (non-hydrogen) atoms. The number of rotatable bonds is 6. The van der Waals surface area contributed by atoms with Crippen LogP contribution in [0.15, 0.2) is 29.2 Å². The molecule has 0 aliphatic heterocycles. The van der Waals surface area contributed by atoms with Crippen molar-refractivity contribution in [1.82, 2.24) is 9.88 Å². The number of amides is 1. The molecule has 5 nitrogen and oxygen atoms in total. The lowest BCUT2D eigenvalue weighted by molar-refractivity contribution is -0.122. The Labute approximate surface area is 106 Å². The molecule has 1 rings (SSSR count). The monoisotopic (exact) mass is 252 g/mol. The molecule has 0 aliphatic carbocycles. The van der Waals surface area contributed by atoms with Gasteiger partial charge in [0.2, 0.25) is 5.91 Å². The zero-order valence-electron chi connectivity index (χ0n) is 10.8. The fourth-order valence-electron chi connectivity index (χ4n) is 1.37. The molecule has 0 saturated heterocycles. The predicted octanol–water partition coefficient (Wildman–Crippen LogP) is 0.516. The molecular weight excluding hydrogens is 232 g/mol. The molecule has 5 heteroatoms. The van der Waals surface area contributed by atoms with Gasteiger partial charge in [-0.1, -0.05) is 13.0 Å². The molecule has 1 heterocycles. The number of aliphatic hydroxyl groups is 1. The lowest BCUT2D eigenvalue weighted by Crippen LogP contribution is -2.40. The van der Waals surface area contributed by atoms with Crippen molar-refractivity contribution in [1.29, 1.82) is 0 Å². The Morgan fingerprint density at radius 2 is 2.22 bits per heavy atom. The Morgan fingerprint density at radius 1 is 1.50 bits per heavy atom. The minimum atomic E-state index is -0.876. The highest BCUT2D eigenvalue weighted by Crippen LogP contribution is 2.05. The fraction of sp³-hybridized carbons (Fsp3) is 0.538. The summed E-state index contributed by atoms with van der Waals surface area (Å²) < 4.78 is 1.48. The summed E-state index contributed by atoms with van der Waals surface area (Å²) in [5, 5.41) is 12.4. The Kier molecular flexibility index (Phi) is 5.09. The molecular formula is C13H20N2O3. The molecule has 0 aliphatic rings. The third-order valence-electron chi connectivity index (χ3n) is 2.91. The maximum Gasteiger partial charge on any atom is 0.250 e. The molecule has 1 atom stereocenters. The van der Waals surface area contributed by atoms with Gasteiger partial charge in [-0.3, -0.25) is 9.59 Å². The van der Waals surface area contributed by atoms with E-state index in [1.165, 1.54) is 10.6 Å². The van der Waals surface area contributed by atoms with E-state index in [2.05, 4.69) is 5.32 Å². The molecule has 1 amide bonds. The van der Waals surface area contributed by atoms with Gasteiger partial charge in [-0.15, -0.1) is 0 Å². The van der Waals surface area contributed by atoms with Crippen molar-refractivity contribution in [2.24, 2.45) is 0 Å². The van der Waals surface area contributed by atoms with Crippen molar-refractivity contribution in [2.45, 2.75) is 38.8 Å². The quantitative estimate of drug-likeness (QED) is 0.775. The Morgan fingerprint density at radius 3 is 2.83 bits per heavy atom. The number of aromatic nitrogens is 1. The number of carbonyl (C=O) groups is 1. The van der Waals surface area contributed by atoms with Crippen LogP contribution in [0, 0.1) is 0 Å². The Bertz CT molecular complexity index is 452. The molecule has 1 aromatic rings. The highest BCUT2D eigenvalue weighted by molar-refractivity contribution is 5.75. The van der Waals surface area contributed by atoms with Gasteiger partial charge in [0.1, 0.15) is 0 Å². The number of pyridine rings is 1. The standard InChI is InChI=1S/C13H20N2O3/c1-3-13(2,18)10-14-11(16)7-9-15-8-5-4-6-12(15)17/h4-6,8,18H,3,7,9-10H2,1-2H3,(H,14,16). The third-order valence-corrected chi connectivity index (χ3v) is 2.91. The van der Waals surface area contributed by atoms with E-state index in [1.807, 2.05) is 6.92 Å². The van der Waals surface area contributed by atoms with Gasteiger partial charge in [-0.25, -0.2) is 0 Å². The van der Waals surface area contributed by atoms with Crippen LogP contribution < -0.4 is 10.9 Å². The molecule has 2 N–H and O–H groups in total. The lowest BCUT2D eigenvalue weighted by Gasteiger charge is -2.21. The zero-order valence-corrected chi connectivity index (χ0v) is 10.8. The summed E-state index contributed by atoms with van der Waals surface area (Å²) in [6.45, 7) is 4.11. The van der Waals surface area contributed by atoms with Crippen LogP contribution in [0.1, 0.15) is 26.7 Å². The van der Waals surface area contributed by atoms with Gasteiger partial charge in [0.05, 0.1) is 5.60 Å².